The van der Waals surface area contributed by atoms with Crippen LogP contribution in [-0.4, -0.2) is 34.3 Å². The minimum atomic E-state index is -1.94. The maximum absolute atomic E-state index is 11.8. The third kappa shape index (κ3) is 4.87. The maximum atomic E-state index is 11.8. The number of esters is 1. The Bertz CT molecular complexity index is 827. The van der Waals surface area contributed by atoms with Gasteiger partial charge in [0.1, 0.15) is 12.7 Å². The van der Waals surface area contributed by atoms with Gasteiger partial charge in [0.15, 0.2) is 0 Å². The molecule has 0 fully saturated rings. The summed E-state index contributed by atoms with van der Waals surface area (Å²) in [4.78, 5) is 12.8. The molecule has 0 N–H and O–H groups in total. The Morgan fingerprint density at radius 1 is 1.31 bits per heavy atom. The predicted octanol–water partition coefficient (Wildman–Crippen LogP) is 4.81. The van der Waals surface area contributed by atoms with Crippen LogP contribution in [0.3, 0.4) is 0 Å². The van der Waals surface area contributed by atoms with E-state index in [4.69, 9.17) is 44.3 Å². The Kier molecular flexibility index (Phi) is 7.27. The second-order valence-corrected chi connectivity index (χ2v) is 8.38. The molecule has 1 aromatic carbocycles. The first-order valence-corrected chi connectivity index (χ1v) is 9.67. The van der Waals surface area contributed by atoms with E-state index < -0.39 is 16.0 Å². The fourth-order valence-corrected chi connectivity index (χ4v) is 3.44. The third-order valence-corrected chi connectivity index (χ3v) is 4.78. The molecule has 5 nitrogen and oxygen atoms in total. The minimum absolute atomic E-state index is 0.286. The highest BCUT2D eigenvalue weighted by molar-refractivity contribution is 7.98. The van der Waals surface area contributed by atoms with E-state index in [0.29, 0.717) is 11.1 Å². The second kappa shape index (κ2) is 9.03. The number of carbonyl (C=O) groups excluding carboxylic acids is 1. The number of ether oxygens (including phenoxy) is 2. The number of nitrogens with zero attached hydrogens (tertiary/aromatic N) is 2. The molecule has 0 spiro atoms. The zero-order valence-corrected chi connectivity index (χ0v) is 17.0. The van der Waals surface area contributed by atoms with Crippen LogP contribution in [0.1, 0.15) is 11.8 Å². The van der Waals surface area contributed by atoms with E-state index >= 15 is 0 Å². The van der Waals surface area contributed by atoms with Crippen molar-refractivity contribution in [1.29, 1.82) is 5.26 Å². The maximum Gasteiger partial charge on any atom is 0.334 e. The molecule has 1 unspecified atom stereocenters. The fourth-order valence-electron chi connectivity index (χ4n) is 2.35. The lowest BCUT2D eigenvalue weighted by Crippen LogP contribution is -2.29. The van der Waals surface area contributed by atoms with E-state index in [1.54, 1.807) is 18.0 Å². The van der Waals surface area contributed by atoms with Crippen LogP contribution in [-0.2, 0) is 14.3 Å². The molecular formula is C17H15Cl3N2O3S. The number of thioether (sulfide) groups is 1. The smallest absolute Gasteiger partial charge is 0.334 e. The van der Waals surface area contributed by atoms with Crippen molar-refractivity contribution < 1.29 is 14.3 Å². The molecule has 1 aromatic heterocycles. The quantitative estimate of drug-likeness (QED) is 0.372. The summed E-state index contributed by atoms with van der Waals surface area (Å²) in [6.45, 7) is -0.286. The van der Waals surface area contributed by atoms with Crippen molar-refractivity contribution in [3.05, 3.63) is 42.2 Å². The monoisotopic (exact) mass is 432 g/mol. The topological polar surface area (TPSA) is 64.2 Å². The molecule has 0 bridgehead atoms. The molecule has 26 heavy (non-hydrogen) atoms. The molecule has 0 aliphatic rings. The van der Waals surface area contributed by atoms with Gasteiger partial charge in [0.25, 0.3) is 0 Å². The molecular weight excluding hydrogens is 419 g/mol. The lowest BCUT2D eigenvalue weighted by atomic mass is 10.1. The van der Waals surface area contributed by atoms with Gasteiger partial charge in [-0.15, -0.1) is 11.8 Å². The molecule has 0 saturated carbocycles. The summed E-state index contributed by atoms with van der Waals surface area (Å²) in [5, 5.41) is 9.51. The zero-order valence-electron chi connectivity index (χ0n) is 13.9. The summed E-state index contributed by atoms with van der Waals surface area (Å²) in [7, 11) is 1.35. The summed E-state index contributed by atoms with van der Waals surface area (Å²) < 4.78 is 9.44. The van der Waals surface area contributed by atoms with E-state index in [1.807, 2.05) is 30.5 Å². The molecule has 9 heteroatoms. The molecule has 0 aliphatic carbocycles. The molecule has 1 atom stereocenters. The van der Waals surface area contributed by atoms with Gasteiger partial charge in [0.2, 0.25) is 10.0 Å². The molecule has 2 rings (SSSR count). The standard InChI is InChI=1S/C17H15Cl3N2O3S/c1-24-10-15(23)25-16(17(18,19)20)22-8-11(7-21)13(9-22)12-5-3-4-6-14(12)26-2/h3-6,8-9,16H,10H2,1-2H3. The van der Waals surface area contributed by atoms with E-state index in [-0.39, 0.29) is 6.61 Å². The number of rotatable bonds is 6. The van der Waals surface area contributed by atoms with Crippen molar-refractivity contribution >= 4 is 52.5 Å². The molecule has 0 amide bonds. The second-order valence-electron chi connectivity index (χ2n) is 5.16. The van der Waals surface area contributed by atoms with Crippen LogP contribution < -0.4 is 0 Å². The number of aromatic nitrogens is 1. The van der Waals surface area contributed by atoms with Gasteiger partial charge in [-0.05, 0) is 17.9 Å². The number of methoxy groups -OCH3 is 1. The van der Waals surface area contributed by atoms with Gasteiger partial charge in [0.05, 0.1) is 5.56 Å². The van der Waals surface area contributed by atoms with Crippen molar-refractivity contribution in [2.24, 2.45) is 0 Å². The van der Waals surface area contributed by atoms with Crippen molar-refractivity contribution in [3.63, 3.8) is 0 Å². The fraction of sp³-hybridized carbons (Fsp3) is 0.294. The van der Waals surface area contributed by atoms with Crippen LogP contribution in [0.5, 0.6) is 0 Å². The van der Waals surface area contributed by atoms with Gasteiger partial charge < -0.3 is 14.0 Å². The lowest BCUT2D eigenvalue weighted by Gasteiger charge is -2.25. The number of hydrogen-bond donors (Lipinski definition) is 0. The zero-order chi connectivity index (χ0) is 19.3. The van der Waals surface area contributed by atoms with Crippen molar-refractivity contribution in [3.8, 4) is 17.2 Å². The molecule has 0 saturated heterocycles. The number of carbonyl (C=O) groups is 1. The lowest BCUT2D eigenvalue weighted by molar-refractivity contribution is -0.157. The first-order valence-electron chi connectivity index (χ1n) is 7.32. The molecule has 1 heterocycles. The highest BCUT2D eigenvalue weighted by Gasteiger charge is 2.38. The highest BCUT2D eigenvalue weighted by Crippen LogP contribution is 2.41. The Labute approximate surface area is 170 Å². The van der Waals surface area contributed by atoms with E-state index in [1.165, 1.54) is 17.9 Å². The van der Waals surface area contributed by atoms with Gasteiger partial charge in [-0.2, -0.15) is 5.26 Å². The van der Waals surface area contributed by atoms with Crippen LogP contribution in [0.4, 0.5) is 0 Å². The van der Waals surface area contributed by atoms with Crippen LogP contribution in [0, 0.1) is 11.3 Å². The predicted molar refractivity (Wildman–Crippen MR) is 104 cm³/mol. The number of alkyl halides is 3. The van der Waals surface area contributed by atoms with E-state index in [2.05, 4.69) is 6.07 Å². The number of halogens is 3. The van der Waals surface area contributed by atoms with Crippen LogP contribution in [0.15, 0.2) is 41.6 Å². The first kappa shape index (κ1) is 20.9. The summed E-state index contributed by atoms with van der Waals surface area (Å²) in [6.07, 6.45) is 3.80. The van der Waals surface area contributed by atoms with Crippen LogP contribution in [0.25, 0.3) is 11.1 Å². The van der Waals surface area contributed by atoms with Gasteiger partial charge in [-0.1, -0.05) is 53.0 Å². The van der Waals surface area contributed by atoms with Crippen LogP contribution in [0.2, 0.25) is 0 Å². The minimum Gasteiger partial charge on any atom is -0.435 e. The third-order valence-electron chi connectivity index (χ3n) is 3.42. The Morgan fingerprint density at radius 3 is 2.58 bits per heavy atom. The van der Waals surface area contributed by atoms with Crippen molar-refractivity contribution in [1.82, 2.24) is 4.57 Å². The van der Waals surface area contributed by atoms with E-state index in [9.17, 15) is 10.1 Å². The highest BCUT2D eigenvalue weighted by atomic mass is 35.6. The van der Waals surface area contributed by atoms with Crippen LogP contribution >= 0.6 is 46.6 Å². The summed E-state index contributed by atoms with van der Waals surface area (Å²) in [6, 6.07) is 9.76. The van der Waals surface area contributed by atoms with Gasteiger partial charge in [-0.3, -0.25) is 0 Å². The average Bonchev–Trinajstić information content (AvgIpc) is 3.02. The molecule has 2 aromatic rings. The van der Waals surface area contributed by atoms with Gasteiger partial charge in [-0.25, -0.2) is 4.79 Å². The summed E-state index contributed by atoms with van der Waals surface area (Å²) in [5.74, 6) is -0.693. The Hall–Kier alpha value is -1.36. The largest absolute Gasteiger partial charge is 0.435 e. The van der Waals surface area contributed by atoms with Gasteiger partial charge >= 0.3 is 5.97 Å². The number of hydrogen-bond acceptors (Lipinski definition) is 5. The average molecular weight is 434 g/mol. The van der Waals surface area contributed by atoms with Gasteiger partial charge in [0, 0.05) is 30.0 Å². The first-order chi connectivity index (χ1) is 12.3. The Morgan fingerprint density at radius 2 is 2.00 bits per heavy atom. The molecule has 0 aliphatic heterocycles. The molecule has 138 valence electrons. The van der Waals surface area contributed by atoms with E-state index in [0.717, 1.165) is 10.5 Å². The number of nitriles is 1. The Balaban J connectivity index is 2.51. The summed E-state index contributed by atoms with van der Waals surface area (Å²) in [5.41, 5.74) is 1.88. The van der Waals surface area contributed by atoms with Crippen molar-refractivity contribution in [2.75, 3.05) is 20.0 Å². The molecule has 0 radical (unpaired) electrons. The SMILES string of the molecule is COCC(=O)OC(n1cc(C#N)c(-c2ccccc2SC)c1)C(Cl)(Cl)Cl. The summed E-state index contributed by atoms with van der Waals surface area (Å²) >= 11 is 19.5. The normalized spacial score (nSPS) is 12.5. The van der Waals surface area contributed by atoms with Crippen molar-refractivity contribution in [2.45, 2.75) is 14.9 Å². The number of benzene rings is 1.